The first-order chi connectivity index (χ1) is 11.7. The number of rotatable bonds is 7. The zero-order valence-electron chi connectivity index (χ0n) is 13.7. The lowest BCUT2D eigenvalue weighted by atomic mass is 10.2. The maximum absolute atomic E-state index is 14.2. The van der Waals surface area contributed by atoms with Crippen LogP contribution in [-0.2, 0) is 10.0 Å². The van der Waals surface area contributed by atoms with Gasteiger partial charge in [0.15, 0.2) is 11.6 Å². The highest BCUT2D eigenvalue weighted by atomic mass is 32.2. The zero-order valence-corrected chi connectivity index (χ0v) is 14.5. The van der Waals surface area contributed by atoms with Gasteiger partial charge in [-0.25, -0.2) is 21.6 Å². The van der Waals surface area contributed by atoms with E-state index >= 15 is 0 Å². The van der Waals surface area contributed by atoms with Gasteiger partial charge >= 0.3 is 0 Å². The average molecular weight is 373 g/mol. The SMILES string of the molecule is CNCCS(=O)(=O)Nc1ccc(F)c(F)c1Nc1ccc(C)cc1F. The number of halogens is 3. The molecule has 3 N–H and O–H groups in total. The minimum atomic E-state index is -3.79. The lowest BCUT2D eigenvalue weighted by Crippen LogP contribution is -2.25. The van der Waals surface area contributed by atoms with Crippen molar-refractivity contribution in [3.63, 3.8) is 0 Å². The molecule has 0 aliphatic carbocycles. The van der Waals surface area contributed by atoms with E-state index < -0.39 is 33.2 Å². The third-order valence-electron chi connectivity index (χ3n) is 3.37. The minimum Gasteiger partial charge on any atom is -0.349 e. The van der Waals surface area contributed by atoms with Gasteiger partial charge < -0.3 is 10.6 Å². The zero-order chi connectivity index (χ0) is 18.6. The van der Waals surface area contributed by atoms with Crippen LogP contribution in [-0.4, -0.2) is 27.8 Å². The number of anilines is 3. The number of sulfonamides is 1. The first kappa shape index (κ1) is 19.1. The van der Waals surface area contributed by atoms with Crippen LogP contribution < -0.4 is 15.4 Å². The van der Waals surface area contributed by atoms with Crippen molar-refractivity contribution in [1.29, 1.82) is 0 Å². The van der Waals surface area contributed by atoms with Crippen LogP contribution >= 0.6 is 0 Å². The van der Waals surface area contributed by atoms with E-state index in [0.717, 1.165) is 12.1 Å². The smallest absolute Gasteiger partial charge is 0.234 e. The van der Waals surface area contributed by atoms with E-state index in [4.69, 9.17) is 0 Å². The van der Waals surface area contributed by atoms with Gasteiger partial charge in [-0.15, -0.1) is 0 Å². The van der Waals surface area contributed by atoms with Gasteiger partial charge in [-0.2, -0.15) is 0 Å². The van der Waals surface area contributed by atoms with Gasteiger partial charge in [0.25, 0.3) is 0 Å². The van der Waals surface area contributed by atoms with E-state index in [-0.39, 0.29) is 23.7 Å². The van der Waals surface area contributed by atoms with Crippen molar-refractivity contribution in [1.82, 2.24) is 5.32 Å². The lowest BCUT2D eigenvalue weighted by Gasteiger charge is -2.16. The number of hydrogen-bond acceptors (Lipinski definition) is 4. The van der Waals surface area contributed by atoms with E-state index in [9.17, 15) is 21.6 Å². The summed E-state index contributed by atoms with van der Waals surface area (Å²) < 4.78 is 67.9. The summed E-state index contributed by atoms with van der Waals surface area (Å²) in [6.07, 6.45) is 0. The average Bonchev–Trinajstić information content (AvgIpc) is 2.54. The molecular weight excluding hydrogens is 355 g/mol. The molecule has 0 atom stereocenters. The molecule has 136 valence electrons. The molecule has 0 spiro atoms. The molecule has 5 nitrogen and oxygen atoms in total. The summed E-state index contributed by atoms with van der Waals surface area (Å²) >= 11 is 0. The van der Waals surface area contributed by atoms with Gasteiger partial charge in [-0.1, -0.05) is 6.07 Å². The minimum absolute atomic E-state index is 0.106. The van der Waals surface area contributed by atoms with Crippen molar-refractivity contribution in [2.75, 3.05) is 29.4 Å². The molecule has 0 fully saturated rings. The molecule has 0 aliphatic rings. The molecule has 0 aromatic heterocycles. The van der Waals surface area contributed by atoms with Crippen molar-refractivity contribution in [2.45, 2.75) is 6.92 Å². The summed E-state index contributed by atoms with van der Waals surface area (Å²) in [4.78, 5) is 0. The Kier molecular flexibility index (Phi) is 5.91. The predicted octanol–water partition coefficient (Wildman–Crippen LogP) is 3.12. The van der Waals surface area contributed by atoms with Crippen LogP contribution in [0.3, 0.4) is 0 Å². The van der Waals surface area contributed by atoms with Crippen molar-refractivity contribution in [3.05, 3.63) is 53.3 Å². The maximum Gasteiger partial charge on any atom is 0.234 e. The third-order valence-corrected chi connectivity index (χ3v) is 4.64. The molecule has 2 aromatic rings. The molecule has 2 aromatic carbocycles. The van der Waals surface area contributed by atoms with Crippen molar-refractivity contribution < 1.29 is 21.6 Å². The molecule has 0 amide bonds. The van der Waals surface area contributed by atoms with Crippen molar-refractivity contribution >= 4 is 27.1 Å². The highest BCUT2D eigenvalue weighted by Crippen LogP contribution is 2.32. The van der Waals surface area contributed by atoms with E-state index in [1.807, 2.05) is 0 Å². The molecule has 0 bridgehead atoms. The Morgan fingerprint density at radius 1 is 1.00 bits per heavy atom. The molecule has 2 rings (SSSR count). The molecule has 0 radical (unpaired) electrons. The highest BCUT2D eigenvalue weighted by molar-refractivity contribution is 7.92. The normalized spacial score (nSPS) is 11.4. The Morgan fingerprint density at radius 2 is 1.68 bits per heavy atom. The molecule has 0 saturated carbocycles. The van der Waals surface area contributed by atoms with Crippen LogP contribution in [0.25, 0.3) is 0 Å². The van der Waals surface area contributed by atoms with Crippen molar-refractivity contribution in [3.8, 4) is 0 Å². The largest absolute Gasteiger partial charge is 0.349 e. The summed E-state index contributed by atoms with van der Waals surface area (Å²) in [6, 6.07) is 6.02. The Bertz CT molecular complexity index is 873. The van der Waals surface area contributed by atoms with Gasteiger partial charge in [0.2, 0.25) is 10.0 Å². The summed E-state index contributed by atoms with van der Waals surface area (Å²) in [7, 11) is -2.21. The number of hydrogen-bond donors (Lipinski definition) is 3. The fraction of sp³-hybridized carbons (Fsp3) is 0.250. The van der Waals surface area contributed by atoms with Crippen LogP contribution in [0.1, 0.15) is 5.56 Å². The molecule has 25 heavy (non-hydrogen) atoms. The van der Waals surface area contributed by atoms with E-state index in [1.54, 1.807) is 20.0 Å². The van der Waals surface area contributed by atoms with Crippen LogP contribution in [0.2, 0.25) is 0 Å². The number of aryl methyl sites for hydroxylation is 1. The van der Waals surface area contributed by atoms with Gasteiger partial charge in [-0.05, 0) is 43.8 Å². The Morgan fingerprint density at radius 3 is 2.32 bits per heavy atom. The Balaban J connectivity index is 2.40. The second kappa shape index (κ2) is 7.75. The van der Waals surface area contributed by atoms with E-state index in [2.05, 4.69) is 15.4 Å². The first-order valence-corrected chi connectivity index (χ1v) is 9.05. The number of nitrogens with one attached hydrogen (secondary N) is 3. The molecule has 0 saturated heterocycles. The topological polar surface area (TPSA) is 70.2 Å². The predicted molar refractivity (Wildman–Crippen MR) is 92.1 cm³/mol. The van der Waals surface area contributed by atoms with Gasteiger partial charge in [0.05, 0.1) is 17.1 Å². The van der Waals surface area contributed by atoms with Crippen molar-refractivity contribution in [2.24, 2.45) is 0 Å². The fourth-order valence-electron chi connectivity index (χ4n) is 2.07. The molecule has 0 aliphatic heterocycles. The van der Waals surface area contributed by atoms with E-state index in [0.29, 0.717) is 5.56 Å². The quantitative estimate of drug-likeness (QED) is 0.698. The molecule has 0 unspecified atom stereocenters. The summed E-state index contributed by atoms with van der Waals surface area (Å²) in [5, 5.41) is 5.10. The van der Waals surface area contributed by atoms with Crippen LogP contribution in [0.15, 0.2) is 30.3 Å². The molecule has 0 heterocycles. The van der Waals surface area contributed by atoms with Crippen LogP contribution in [0.5, 0.6) is 0 Å². The lowest BCUT2D eigenvalue weighted by molar-refractivity contribution is 0.512. The number of benzene rings is 2. The second-order valence-electron chi connectivity index (χ2n) is 5.42. The summed E-state index contributed by atoms with van der Waals surface area (Å²) in [5.74, 6) is -3.43. The summed E-state index contributed by atoms with van der Waals surface area (Å²) in [6.45, 7) is 1.85. The second-order valence-corrected chi connectivity index (χ2v) is 7.26. The maximum atomic E-state index is 14.2. The molecule has 9 heteroatoms. The third kappa shape index (κ3) is 4.86. The summed E-state index contributed by atoms with van der Waals surface area (Å²) in [5.41, 5.74) is -0.160. The molecular formula is C16H18F3N3O2S. The van der Waals surface area contributed by atoms with Crippen LogP contribution in [0.4, 0.5) is 30.2 Å². The van der Waals surface area contributed by atoms with E-state index in [1.165, 1.54) is 12.1 Å². The standard InChI is InChI=1S/C16H18F3N3O2S/c1-10-3-5-13(12(18)9-10)21-16-14(6-4-11(17)15(16)19)22-25(23,24)8-7-20-2/h3-6,9,20-22H,7-8H2,1-2H3. The Hall–Kier alpha value is -2.26. The highest BCUT2D eigenvalue weighted by Gasteiger charge is 2.19. The van der Waals surface area contributed by atoms with Crippen LogP contribution in [0, 0.1) is 24.4 Å². The first-order valence-electron chi connectivity index (χ1n) is 7.40. The fourth-order valence-corrected chi connectivity index (χ4v) is 3.15. The van der Waals surface area contributed by atoms with Gasteiger partial charge in [0.1, 0.15) is 11.5 Å². The Labute approximate surface area is 144 Å². The van der Waals surface area contributed by atoms with Gasteiger partial charge in [-0.3, -0.25) is 4.72 Å². The monoisotopic (exact) mass is 373 g/mol. The van der Waals surface area contributed by atoms with Gasteiger partial charge in [0, 0.05) is 6.54 Å².